The smallest absolute Gasteiger partial charge is 0.329 e. The number of carbonyl (C=O) groups excluding carboxylic acids is 7. The Kier molecular flexibility index (Phi) is 41.0. The number of benzene rings is 1. The summed E-state index contributed by atoms with van der Waals surface area (Å²) < 4.78 is 62.7. The van der Waals surface area contributed by atoms with Crippen molar-refractivity contribution >= 4 is 68.9 Å². The highest BCUT2D eigenvalue weighted by Gasteiger charge is 2.53. The fourth-order valence-corrected chi connectivity index (χ4v) is 16.8. The number of ether oxygens (including phenoxy) is 10. The number of cyclic esters (lactones) is 1. The molecule has 4 aliphatic rings. The average molecular weight is 1750 g/mol. The van der Waals surface area contributed by atoms with E-state index in [1.807, 2.05) is 75.0 Å². The summed E-state index contributed by atoms with van der Waals surface area (Å²) in [6.45, 7) is 17.5. The second-order valence-corrected chi connectivity index (χ2v) is 33.5. The number of aromatic nitrogens is 8. The van der Waals surface area contributed by atoms with Gasteiger partial charge in [0.25, 0.3) is 11.7 Å². The van der Waals surface area contributed by atoms with Crippen LogP contribution in [0.1, 0.15) is 176 Å². The third-order valence-electron chi connectivity index (χ3n) is 24.0. The molecule has 9 rings (SSSR count). The predicted molar refractivity (Wildman–Crippen MR) is 466 cm³/mol. The minimum Gasteiger partial charge on any atom is -0.508 e. The minimum absolute atomic E-state index is 0.0154. The number of hydrogen-bond donors (Lipinski definition) is 10. The van der Waals surface area contributed by atoms with Crippen LogP contribution in [0.5, 0.6) is 5.75 Å². The number of amides is 4. The first-order valence-corrected chi connectivity index (χ1v) is 44.6. The quantitative estimate of drug-likeness (QED) is 0.00810. The number of rotatable bonds is 39. The molecule has 35 nitrogen and oxygen atoms in total. The van der Waals surface area contributed by atoms with Crippen LogP contribution in [0.2, 0.25) is 0 Å². The fraction of sp³-hybridized carbons (Fsp3) is 0.667. The van der Waals surface area contributed by atoms with Crippen molar-refractivity contribution in [3.05, 3.63) is 90.1 Å². The van der Waals surface area contributed by atoms with Gasteiger partial charge in [0, 0.05) is 127 Å². The molecular weight excluding hydrogens is 1610 g/mol. The number of methoxy groups -OCH3 is 2. The molecule has 1 aromatic carbocycles. The molecule has 0 spiro atoms. The number of allylic oxidation sites excluding steroid dienone is 5. The van der Waals surface area contributed by atoms with Crippen LogP contribution in [-0.4, -0.2) is 280 Å². The monoisotopic (exact) mass is 1750 g/mol. The molecule has 125 heavy (non-hydrogen) atoms. The molecule has 0 unspecified atom stereocenters. The highest BCUT2D eigenvalue weighted by Crippen LogP contribution is 2.40. The van der Waals surface area contributed by atoms with Crippen LogP contribution in [0.15, 0.2) is 84.4 Å². The van der Waals surface area contributed by atoms with Gasteiger partial charge < -0.3 is 105 Å². The van der Waals surface area contributed by atoms with Gasteiger partial charge in [-0.15, -0.1) is 5.10 Å². The number of carbonyl (C=O) groups is 7. The SMILES string of the molecule is CCO[C@@H]1C[C@@H]([C@H](N)C[C@@H]2CC[C@H](n3cc(CCCC(=O)NCCOCCOCCOCCC(=O)NCCOCCOCCC(=O)NCCCCn4nc(-c5cc6cc(O)ccc6[nH]5)c5c(N)ncnc54)nn3)[C@H](OC)C2)OC(=O)[C@@H]2CCCCN2C(=O)C(=O)[C@]2(O)O[C@@H](CC[C@H]2C)C[C@H](OC)/C(C)=C/C=C/C=C/[C@@H](C)C[C@@H](C)C(=O)[C@H](O)[C@H](O)/C(C)=C/[C@H]1C. The molecule has 4 aromatic heterocycles. The van der Waals surface area contributed by atoms with Gasteiger partial charge in [-0.05, 0) is 158 Å². The first-order chi connectivity index (χ1) is 60.2. The number of nitrogen functional groups attached to an aromatic ring is 1. The summed E-state index contributed by atoms with van der Waals surface area (Å²) in [6, 6.07) is 4.83. The van der Waals surface area contributed by atoms with Gasteiger partial charge in [-0.25, -0.2) is 24.1 Å². The second-order valence-electron chi connectivity index (χ2n) is 33.5. The summed E-state index contributed by atoms with van der Waals surface area (Å²) in [5.41, 5.74) is 18.3. The second kappa shape index (κ2) is 51.2. The first kappa shape index (κ1) is 99.9. The molecule has 5 aromatic rings. The number of fused-ring (bicyclic) bond motifs is 5. The lowest BCUT2D eigenvalue weighted by Crippen LogP contribution is -2.61. The zero-order valence-electron chi connectivity index (χ0n) is 74.3. The molecule has 3 fully saturated rings. The molecule has 2 bridgehead atoms. The van der Waals surface area contributed by atoms with Crippen molar-refractivity contribution in [1.82, 2.24) is 60.6 Å². The van der Waals surface area contributed by atoms with E-state index in [9.17, 15) is 54.0 Å². The van der Waals surface area contributed by atoms with E-state index in [0.717, 1.165) is 34.3 Å². The maximum absolute atomic E-state index is 14.9. The highest BCUT2D eigenvalue weighted by molar-refractivity contribution is 6.39. The number of unbranched alkanes of at least 4 members (excludes halogenated alkanes) is 1. The number of nitrogens with zero attached hydrogens (tertiary/aromatic N) is 8. The van der Waals surface area contributed by atoms with Gasteiger partial charge in [-0.1, -0.05) is 69.4 Å². The molecule has 3 aliphatic heterocycles. The number of H-pyrrole nitrogens is 1. The van der Waals surface area contributed by atoms with Crippen LogP contribution >= 0.6 is 0 Å². The van der Waals surface area contributed by atoms with Crippen molar-refractivity contribution in [2.45, 2.75) is 244 Å². The fourth-order valence-electron chi connectivity index (χ4n) is 16.8. The van der Waals surface area contributed by atoms with E-state index in [4.69, 9.17) is 63.9 Å². The highest BCUT2D eigenvalue weighted by atomic mass is 16.6. The first-order valence-electron chi connectivity index (χ1n) is 44.6. The Balaban J connectivity index is 0.633. The number of anilines is 1. The number of piperidine rings is 1. The maximum atomic E-state index is 14.9. The zero-order chi connectivity index (χ0) is 90.0. The molecule has 16 atom stereocenters. The van der Waals surface area contributed by atoms with Crippen LogP contribution in [-0.2, 0) is 93.9 Å². The van der Waals surface area contributed by atoms with E-state index in [1.54, 1.807) is 63.9 Å². The van der Waals surface area contributed by atoms with Crippen molar-refractivity contribution in [3.8, 4) is 17.1 Å². The standard InChI is InChI=1S/C90H136N14O21/c1-10-123-74-54-75(124-89(114)72-22-14-16-35-102(72)88(113)85(112)90(115)62(7)24-27-67(125-90)53-73(116-8)58(3)20-13-11-12-19-57(2)47-60(5)82(109)84(111)83(110)61(6)48-59(74)4)68(91)49-63-25-29-71(76(50-63)117-9)104-55-65(99-101-104)21-18-23-77(106)94-33-39-121-44-46-122-45-42-119-38-31-79(108)95-34-40-120-43-41-118-37-30-78(107)93-32-15-17-36-103-87-80(86(92)96-56-97-87)81(100-103)70-52-64-51-66(105)26-28-69(64)98-70/h11-13,19-20,26,28,48,51-52,55-57,59-60,62-63,67-68,71-76,83-84,98,105,110-111,115H,10,14-18,21-25,27,29-47,49-50,53-54,91H2,1-9H3,(H,93,107)(H,94,106)(H,95,108)(H2,92,96,97)/b13-11+,19-12+,58-20+,61-48+/t57-,59-,60-,62-,63+,67+,68-,71+,72+,73+,74-,75+,76-,83-,84+,90-/m1/s1. The molecule has 7 heterocycles. The Labute approximate surface area is 732 Å². The van der Waals surface area contributed by atoms with Gasteiger partial charge >= 0.3 is 5.97 Å². The number of nitrogens with one attached hydrogen (secondary N) is 4. The number of aromatic amines is 1. The molecule has 4 amide bonds. The summed E-state index contributed by atoms with van der Waals surface area (Å²) in [5, 5.41) is 68.9. The summed E-state index contributed by atoms with van der Waals surface area (Å²) in [7, 11) is 3.21. The number of aliphatic hydroxyl groups excluding tert-OH is 2. The molecule has 12 N–H and O–H groups in total. The van der Waals surface area contributed by atoms with E-state index in [0.29, 0.717) is 184 Å². The van der Waals surface area contributed by atoms with Gasteiger partial charge in [-0.2, -0.15) is 5.10 Å². The molecule has 2 saturated heterocycles. The number of phenolic OH excluding ortho intramolecular Hbond substituents is 1. The number of aromatic hydroxyl groups is 1. The third kappa shape index (κ3) is 30.2. The summed E-state index contributed by atoms with van der Waals surface area (Å²) in [4.78, 5) is 109. The van der Waals surface area contributed by atoms with Crippen LogP contribution in [0, 0.1) is 29.6 Å². The Morgan fingerprint density at radius 3 is 2.12 bits per heavy atom. The summed E-state index contributed by atoms with van der Waals surface area (Å²) in [5.74, 6) is -7.76. The van der Waals surface area contributed by atoms with Gasteiger partial charge in [0.2, 0.25) is 23.5 Å². The Morgan fingerprint density at radius 2 is 1.42 bits per heavy atom. The van der Waals surface area contributed by atoms with Crippen LogP contribution in [0.3, 0.4) is 0 Å². The van der Waals surface area contributed by atoms with E-state index >= 15 is 0 Å². The van der Waals surface area contributed by atoms with E-state index in [2.05, 4.69) is 41.2 Å². The number of Topliss-reactive ketones (excluding diaryl/α,β-unsaturated/α-hetero) is 2. The number of esters is 1. The number of aliphatic hydroxyl groups is 3. The van der Waals surface area contributed by atoms with Crippen molar-refractivity contribution < 1.29 is 101 Å². The van der Waals surface area contributed by atoms with Crippen LogP contribution in [0.4, 0.5) is 5.82 Å². The number of aryl methyl sites for hydroxylation is 2. The van der Waals surface area contributed by atoms with Crippen molar-refractivity contribution in [1.29, 1.82) is 0 Å². The van der Waals surface area contributed by atoms with E-state index < -0.39 is 95.7 Å². The minimum atomic E-state index is -2.48. The lowest BCUT2D eigenvalue weighted by molar-refractivity contribution is -0.265. The topological polar surface area (TPSA) is 474 Å². The number of ketones is 2. The molecule has 1 saturated carbocycles. The third-order valence-corrected chi connectivity index (χ3v) is 24.0. The van der Waals surface area contributed by atoms with Crippen molar-refractivity contribution in [2.75, 3.05) is 119 Å². The van der Waals surface area contributed by atoms with Crippen LogP contribution in [0.25, 0.3) is 33.3 Å². The zero-order valence-corrected chi connectivity index (χ0v) is 74.3. The Bertz CT molecular complexity index is 4380. The summed E-state index contributed by atoms with van der Waals surface area (Å²) in [6.07, 6.45) is 16.5. The largest absolute Gasteiger partial charge is 0.508 e. The molecule has 35 heteroatoms. The number of phenols is 1. The van der Waals surface area contributed by atoms with Crippen LogP contribution < -0.4 is 27.4 Å². The van der Waals surface area contributed by atoms with E-state index in [-0.39, 0.29) is 112 Å². The normalized spacial score (nSPS) is 27.2. The lowest BCUT2D eigenvalue weighted by atomic mass is 9.79. The molecule has 0 radical (unpaired) electrons. The van der Waals surface area contributed by atoms with Gasteiger partial charge in [-0.3, -0.25) is 28.8 Å². The average Bonchev–Trinajstić information content (AvgIpc) is 1.67. The van der Waals surface area contributed by atoms with E-state index in [1.165, 1.54) is 11.2 Å². The predicted octanol–water partition coefficient (Wildman–Crippen LogP) is 7.12. The summed E-state index contributed by atoms with van der Waals surface area (Å²) >= 11 is 0. The molecule has 1 aliphatic carbocycles. The van der Waals surface area contributed by atoms with Gasteiger partial charge in [0.05, 0.1) is 113 Å². The van der Waals surface area contributed by atoms with Crippen molar-refractivity contribution in [3.63, 3.8) is 0 Å². The Hall–Kier alpha value is -8.82. The maximum Gasteiger partial charge on any atom is 0.329 e. The van der Waals surface area contributed by atoms with Crippen molar-refractivity contribution in [2.24, 2.45) is 35.3 Å². The molecular formula is C90H136N14O21. The Morgan fingerprint density at radius 1 is 0.736 bits per heavy atom. The number of nitrogens with two attached hydrogens (primary N) is 2. The van der Waals surface area contributed by atoms with Gasteiger partial charge in [0.15, 0.2) is 11.4 Å². The number of hydrogen-bond acceptors (Lipinski definition) is 28. The van der Waals surface area contributed by atoms with Gasteiger partial charge in [0.1, 0.15) is 47.9 Å². The lowest BCUT2D eigenvalue weighted by Gasteiger charge is -2.43. The molecule has 692 valence electrons.